The molecule has 0 saturated carbocycles. The van der Waals surface area contributed by atoms with E-state index in [0.717, 1.165) is 22.5 Å². The van der Waals surface area contributed by atoms with Gasteiger partial charge in [0.25, 0.3) is 11.8 Å². The van der Waals surface area contributed by atoms with Crippen molar-refractivity contribution < 1.29 is 28.7 Å². The van der Waals surface area contributed by atoms with Crippen molar-refractivity contribution in [1.82, 2.24) is 5.32 Å². The molecule has 0 aliphatic heterocycles. The number of ether oxygens (including phenoxy) is 2. The number of rotatable bonds is 10. The predicted octanol–water partition coefficient (Wildman–Crippen LogP) is 2.87. The number of carbonyl (C=O) groups excluding carboxylic acids is 4. The number of primary amides is 1. The van der Waals surface area contributed by atoms with Gasteiger partial charge in [-0.05, 0) is 22.6 Å². The van der Waals surface area contributed by atoms with Gasteiger partial charge in [0.2, 0.25) is 0 Å². The molecule has 0 bridgehead atoms. The van der Waals surface area contributed by atoms with Crippen LogP contribution in [0.3, 0.4) is 0 Å². The number of carbonyl (C=O) groups is 4. The summed E-state index contributed by atoms with van der Waals surface area (Å²) >= 11 is 1.11. The highest BCUT2D eigenvalue weighted by molar-refractivity contribution is 7.14. The Bertz CT molecular complexity index is 1130. The minimum Gasteiger partial charge on any atom is -0.454 e. The van der Waals surface area contributed by atoms with E-state index in [0.29, 0.717) is 0 Å². The zero-order valence-corrected chi connectivity index (χ0v) is 18.9. The summed E-state index contributed by atoms with van der Waals surface area (Å²) in [6.45, 7) is -0.577. The van der Waals surface area contributed by atoms with Crippen LogP contribution in [0, 0.1) is 0 Å². The molecule has 0 spiro atoms. The summed E-state index contributed by atoms with van der Waals surface area (Å²) in [5.74, 6) is -2.14. The van der Waals surface area contributed by atoms with Crippen LogP contribution in [0.5, 0.6) is 0 Å². The van der Waals surface area contributed by atoms with Gasteiger partial charge < -0.3 is 25.8 Å². The standard InChI is InChI=1S/C24H23N3O6S/c25-21(29)18-11-12-34-22(18)27-20(28)15-32-23(30)19(13-16-7-3-1-4-8-16)26-24(31)33-14-17-9-5-2-6-10-17/h1-12,19H,13-15H2,(H2,25,29)(H,26,31)(H,27,28)/t19-/m1/s1. The van der Waals surface area contributed by atoms with Crippen LogP contribution in [0.2, 0.25) is 0 Å². The summed E-state index contributed by atoms with van der Waals surface area (Å²) in [6.07, 6.45) is -0.658. The molecule has 0 saturated heterocycles. The van der Waals surface area contributed by atoms with Crippen LogP contribution in [-0.2, 0) is 32.1 Å². The summed E-state index contributed by atoms with van der Waals surface area (Å²) in [7, 11) is 0. The summed E-state index contributed by atoms with van der Waals surface area (Å²) in [5, 5.41) is 6.85. The molecule has 1 aromatic heterocycles. The van der Waals surface area contributed by atoms with Crippen molar-refractivity contribution in [2.75, 3.05) is 11.9 Å². The molecule has 34 heavy (non-hydrogen) atoms. The summed E-state index contributed by atoms with van der Waals surface area (Å²) in [5.41, 5.74) is 6.99. The number of hydrogen-bond acceptors (Lipinski definition) is 7. The molecule has 3 aromatic rings. The van der Waals surface area contributed by atoms with Crippen LogP contribution >= 0.6 is 11.3 Å². The van der Waals surface area contributed by atoms with Crippen molar-refractivity contribution in [2.45, 2.75) is 19.1 Å². The van der Waals surface area contributed by atoms with Crippen molar-refractivity contribution in [3.8, 4) is 0 Å². The fraction of sp³-hybridized carbons (Fsp3) is 0.167. The Kier molecular flexibility index (Phi) is 8.75. The van der Waals surface area contributed by atoms with Crippen LogP contribution in [0.1, 0.15) is 21.5 Å². The maximum absolute atomic E-state index is 12.7. The Hall–Kier alpha value is -4.18. The lowest BCUT2D eigenvalue weighted by molar-refractivity contribution is -0.149. The van der Waals surface area contributed by atoms with Crippen molar-refractivity contribution in [3.05, 3.63) is 88.8 Å². The lowest BCUT2D eigenvalue weighted by Crippen LogP contribution is -2.44. The SMILES string of the molecule is NC(=O)c1ccsc1NC(=O)COC(=O)[C@@H](Cc1ccccc1)NC(=O)OCc1ccccc1. The number of hydrogen-bond donors (Lipinski definition) is 3. The molecule has 0 fully saturated rings. The zero-order chi connectivity index (χ0) is 24.3. The highest BCUT2D eigenvalue weighted by Crippen LogP contribution is 2.22. The molecular formula is C24H23N3O6S. The monoisotopic (exact) mass is 481 g/mol. The van der Waals surface area contributed by atoms with Gasteiger partial charge in [-0.1, -0.05) is 60.7 Å². The largest absolute Gasteiger partial charge is 0.454 e. The number of alkyl carbamates (subject to hydrolysis) is 1. The average molecular weight is 482 g/mol. The fourth-order valence-electron chi connectivity index (χ4n) is 2.95. The molecule has 0 aliphatic rings. The van der Waals surface area contributed by atoms with E-state index in [9.17, 15) is 19.2 Å². The highest BCUT2D eigenvalue weighted by Gasteiger charge is 2.25. The minimum absolute atomic E-state index is 0.0329. The van der Waals surface area contributed by atoms with Crippen molar-refractivity contribution in [2.24, 2.45) is 5.73 Å². The average Bonchev–Trinajstić information content (AvgIpc) is 3.30. The lowest BCUT2D eigenvalue weighted by atomic mass is 10.1. The predicted molar refractivity (Wildman–Crippen MR) is 126 cm³/mol. The van der Waals surface area contributed by atoms with Gasteiger partial charge in [0.1, 0.15) is 17.6 Å². The second-order valence-electron chi connectivity index (χ2n) is 7.13. The first-order chi connectivity index (χ1) is 16.4. The quantitative estimate of drug-likeness (QED) is 0.381. The molecule has 0 unspecified atom stereocenters. The van der Waals surface area contributed by atoms with E-state index in [4.69, 9.17) is 15.2 Å². The third-order valence-corrected chi connectivity index (χ3v) is 5.43. The van der Waals surface area contributed by atoms with Gasteiger partial charge in [-0.3, -0.25) is 9.59 Å². The van der Waals surface area contributed by atoms with Crippen LogP contribution in [0.4, 0.5) is 9.80 Å². The zero-order valence-electron chi connectivity index (χ0n) is 18.1. The van der Waals surface area contributed by atoms with Gasteiger partial charge in [0.05, 0.1) is 5.56 Å². The first-order valence-corrected chi connectivity index (χ1v) is 11.1. The van der Waals surface area contributed by atoms with Crippen molar-refractivity contribution in [1.29, 1.82) is 0 Å². The number of thiophene rings is 1. The normalized spacial score (nSPS) is 11.2. The van der Waals surface area contributed by atoms with Gasteiger partial charge in [-0.15, -0.1) is 11.3 Å². The molecule has 1 atom stereocenters. The molecule has 0 radical (unpaired) electrons. The Balaban J connectivity index is 1.58. The van der Waals surface area contributed by atoms with E-state index in [1.165, 1.54) is 6.07 Å². The maximum atomic E-state index is 12.7. The summed E-state index contributed by atoms with van der Waals surface area (Å²) in [4.78, 5) is 48.6. The Morgan fingerprint density at radius 2 is 1.53 bits per heavy atom. The molecule has 1 heterocycles. The first kappa shape index (κ1) is 24.5. The number of amides is 3. The smallest absolute Gasteiger partial charge is 0.408 e. The fourth-order valence-corrected chi connectivity index (χ4v) is 3.76. The van der Waals surface area contributed by atoms with Crippen LogP contribution in [0.25, 0.3) is 0 Å². The second kappa shape index (κ2) is 12.2. The number of nitrogens with one attached hydrogen (secondary N) is 2. The third-order valence-electron chi connectivity index (χ3n) is 4.60. The molecule has 2 aromatic carbocycles. The minimum atomic E-state index is -1.08. The Morgan fingerprint density at radius 3 is 2.18 bits per heavy atom. The maximum Gasteiger partial charge on any atom is 0.408 e. The van der Waals surface area contributed by atoms with E-state index >= 15 is 0 Å². The molecule has 4 N–H and O–H groups in total. The van der Waals surface area contributed by atoms with E-state index < -0.39 is 36.5 Å². The first-order valence-electron chi connectivity index (χ1n) is 10.3. The van der Waals surface area contributed by atoms with Crippen molar-refractivity contribution >= 4 is 40.2 Å². The lowest BCUT2D eigenvalue weighted by Gasteiger charge is -2.18. The van der Waals surface area contributed by atoms with Gasteiger partial charge in [-0.2, -0.15) is 0 Å². The molecule has 10 heteroatoms. The Labute approximate surface area is 199 Å². The van der Waals surface area contributed by atoms with Crippen molar-refractivity contribution in [3.63, 3.8) is 0 Å². The molecular weight excluding hydrogens is 458 g/mol. The van der Waals surface area contributed by atoms with Crippen LogP contribution < -0.4 is 16.4 Å². The summed E-state index contributed by atoms with van der Waals surface area (Å²) in [6, 6.07) is 18.5. The van der Waals surface area contributed by atoms with Gasteiger partial charge >= 0.3 is 12.1 Å². The van der Waals surface area contributed by atoms with E-state index in [1.54, 1.807) is 41.8 Å². The molecule has 9 nitrogen and oxygen atoms in total. The molecule has 3 rings (SSSR count). The summed E-state index contributed by atoms with van der Waals surface area (Å²) < 4.78 is 10.3. The Morgan fingerprint density at radius 1 is 0.882 bits per heavy atom. The van der Waals surface area contributed by atoms with Gasteiger partial charge in [0.15, 0.2) is 6.61 Å². The van der Waals surface area contributed by atoms with E-state index in [-0.39, 0.29) is 23.6 Å². The number of esters is 1. The molecule has 0 aliphatic carbocycles. The van der Waals surface area contributed by atoms with Crippen LogP contribution in [0.15, 0.2) is 72.1 Å². The number of benzene rings is 2. The number of nitrogens with two attached hydrogens (primary N) is 1. The van der Waals surface area contributed by atoms with Gasteiger partial charge in [0, 0.05) is 6.42 Å². The molecule has 176 valence electrons. The third kappa shape index (κ3) is 7.45. The topological polar surface area (TPSA) is 137 Å². The highest BCUT2D eigenvalue weighted by atomic mass is 32.1. The van der Waals surface area contributed by atoms with E-state index in [2.05, 4.69) is 10.6 Å². The second-order valence-corrected chi connectivity index (χ2v) is 8.05. The van der Waals surface area contributed by atoms with Crippen LogP contribution in [-0.4, -0.2) is 36.5 Å². The molecule has 3 amide bonds. The van der Waals surface area contributed by atoms with E-state index in [1.807, 2.05) is 24.3 Å². The van der Waals surface area contributed by atoms with Gasteiger partial charge in [-0.25, -0.2) is 9.59 Å². The number of anilines is 1.